The first-order valence-electron chi connectivity index (χ1n) is 7.06. The molecule has 7 heteroatoms. The normalized spacial score (nSPS) is 17.9. The highest BCUT2D eigenvalue weighted by atomic mass is 35.5. The summed E-state index contributed by atoms with van der Waals surface area (Å²) in [5, 5.41) is 6.47. The van der Waals surface area contributed by atoms with E-state index in [-0.39, 0.29) is 18.2 Å². The summed E-state index contributed by atoms with van der Waals surface area (Å²) in [4.78, 5) is 26.8. The van der Waals surface area contributed by atoms with Crippen molar-refractivity contribution in [3.63, 3.8) is 0 Å². The van der Waals surface area contributed by atoms with Gasteiger partial charge < -0.3 is 4.90 Å². The Balaban J connectivity index is 1.60. The summed E-state index contributed by atoms with van der Waals surface area (Å²) in [6.45, 7) is 0.348. The van der Waals surface area contributed by atoms with Gasteiger partial charge >= 0.3 is 0 Å². The topological polar surface area (TPSA) is 61.8 Å². The molecule has 5 nitrogen and oxygen atoms in total. The number of hydrogen-bond acceptors (Lipinski definition) is 4. The number of anilines is 1. The van der Waals surface area contributed by atoms with E-state index in [2.05, 4.69) is 10.5 Å². The van der Waals surface area contributed by atoms with Gasteiger partial charge in [-0.15, -0.1) is 11.3 Å². The van der Waals surface area contributed by atoms with Crippen LogP contribution in [0.4, 0.5) is 5.69 Å². The molecule has 0 spiro atoms. The zero-order valence-electron chi connectivity index (χ0n) is 12.1. The number of nitrogens with zero attached hydrogens (tertiary/aromatic N) is 2. The number of hydrogen-bond donors (Lipinski definition) is 1. The monoisotopic (exact) mass is 347 g/mol. The summed E-state index contributed by atoms with van der Waals surface area (Å²) in [6.07, 6.45) is 1.78. The van der Waals surface area contributed by atoms with Crippen LogP contribution in [0.5, 0.6) is 0 Å². The van der Waals surface area contributed by atoms with Gasteiger partial charge in [0.2, 0.25) is 11.8 Å². The van der Waals surface area contributed by atoms with Crippen molar-refractivity contribution >= 4 is 46.7 Å². The summed E-state index contributed by atoms with van der Waals surface area (Å²) in [6, 6.07) is 10.8. The molecular formula is C16H14ClN3O2S. The van der Waals surface area contributed by atoms with Gasteiger partial charge in [0, 0.05) is 28.6 Å². The highest BCUT2D eigenvalue weighted by Gasteiger charge is 2.35. The Labute approximate surface area is 142 Å². The number of carbonyl (C=O) groups is 2. The van der Waals surface area contributed by atoms with Crippen molar-refractivity contribution in [3.05, 3.63) is 51.7 Å². The number of rotatable bonds is 4. The summed E-state index contributed by atoms with van der Waals surface area (Å²) in [5.41, 5.74) is 3.25. The lowest BCUT2D eigenvalue weighted by Gasteiger charge is -2.16. The molecule has 118 valence electrons. The zero-order chi connectivity index (χ0) is 16.2. The Morgan fingerprint density at radius 2 is 2.13 bits per heavy atom. The third-order valence-electron chi connectivity index (χ3n) is 3.54. The highest BCUT2D eigenvalue weighted by Crippen LogP contribution is 2.26. The standard InChI is InChI=1S/C16H14ClN3O2S/c17-12-3-5-13(6-4-12)20-10-11(8-15(20)21)16(22)19-18-9-14-2-1-7-23-14/h1-7,9,11H,8,10H2,(H,19,22)/t11-/m1/s1. The van der Waals surface area contributed by atoms with Crippen LogP contribution in [0, 0.1) is 5.92 Å². The van der Waals surface area contributed by atoms with Crippen molar-refractivity contribution in [3.8, 4) is 0 Å². The first-order valence-corrected chi connectivity index (χ1v) is 8.31. The molecule has 0 radical (unpaired) electrons. The highest BCUT2D eigenvalue weighted by molar-refractivity contribution is 7.11. The van der Waals surface area contributed by atoms with Gasteiger partial charge in [0.1, 0.15) is 0 Å². The second kappa shape index (κ2) is 6.93. The lowest BCUT2D eigenvalue weighted by atomic mass is 10.1. The molecule has 3 rings (SSSR count). The minimum absolute atomic E-state index is 0.0743. The van der Waals surface area contributed by atoms with Crippen molar-refractivity contribution in [1.29, 1.82) is 0 Å². The van der Waals surface area contributed by atoms with Crippen LogP contribution < -0.4 is 10.3 Å². The van der Waals surface area contributed by atoms with E-state index in [1.165, 1.54) is 11.3 Å². The van der Waals surface area contributed by atoms with Gasteiger partial charge in [-0.25, -0.2) is 5.43 Å². The molecule has 0 bridgehead atoms. The predicted octanol–water partition coefficient (Wildman–Crippen LogP) is 2.90. The van der Waals surface area contributed by atoms with E-state index in [4.69, 9.17) is 11.6 Å². The average molecular weight is 348 g/mol. The first kappa shape index (κ1) is 15.7. The van der Waals surface area contributed by atoms with Crippen molar-refractivity contribution < 1.29 is 9.59 Å². The summed E-state index contributed by atoms with van der Waals surface area (Å²) < 4.78 is 0. The van der Waals surface area contributed by atoms with E-state index in [1.807, 2.05) is 17.5 Å². The van der Waals surface area contributed by atoms with Crippen LogP contribution >= 0.6 is 22.9 Å². The number of amides is 2. The van der Waals surface area contributed by atoms with Crippen molar-refractivity contribution in [2.45, 2.75) is 6.42 Å². The van der Waals surface area contributed by atoms with E-state index in [0.717, 1.165) is 10.6 Å². The van der Waals surface area contributed by atoms with E-state index in [9.17, 15) is 9.59 Å². The number of halogens is 1. The fraction of sp³-hybridized carbons (Fsp3) is 0.188. The number of benzene rings is 1. The molecule has 2 amide bonds. The van der Waals surface area contributed by atoms with E-state index in [0.29, 0.717) is 11.6 Å². The fourth-order valence-corrected chi connectivity index (χ4v) is 3.08. The summed E-state index contributed by atoms with van der Waals surface area (Å²) >= 11 is 7.38. The second-order valence-electron chi connectivity index (χ2n) is 5.13. The Morgan fingerprint density at radius 1 is 1.35 bits per heavy atom. The van der Waals surface area contributed by atoms with Gasteiger partial charge in [0.15, 0.2) is 0 Å². The van der Waals surface area contributed by atoms with Gasteiger partial charge in [0.05, 0.1) is 12.1 Å². The lowest BCUT2D eigenvalue weighted by Crippen LogP contribution is -2.30. The molecule has 1 aromatic carbocycles. The van der Waals surface area contributed by atoms with Crippen LogP contribution in [0.3, 0.4) is 0 Å². The number of nitrogens with one attached hydrogen (secondary N) is 1. The van der Waals surface area contributed by atoms with Crippen LogP contribution in [-0.4, -0.2) is 24.6 Å². The molecule has 1 aromatic heterocycles. The number of carbonyl (C=O) groups excluding carboxylic acids is 2. The third-order valence-corrected chi connectivity index (χ3v) is 4.60. The van der Waals surface area contributed by atoms with Gasteiger partial charge in [-0.2, -0.15) is 5.10 Å². The first-order chi connectivity index (χ1) is 11.1. The van der Waals surface area contributed by atoms with Crippen LogP contribution in [-0.2, 0) is 9.59 Å². The molecule has 1 fully saturated rings. The molecule has 1 saturated heterocycles. The predicted molar refractivity (Wildman–Crippen MR) is 92.0 cm³/mol. The van der Waals surface area contributed by atoms with Crippen LogP contribution in [0.25, 0.3) is 0 Å². The van der Waals surface area contributed by atoms with Crippen LogP contribution in [0.2, 0.25) is 5.02 Å². The molecule has 0 saturated carbocycles. The molecule has 1 atom stereocenters. The smallest absolute Gasteiger partial charge is 0.245 e. The van der Waals surface area contributed by atoms with Crippen molar-refractivity contribution in [2.75, 3.05) is 11.4 Å². The van der Waals surface area contributed by atoms with Gasteiger partial charge in [-0.3, -0.25) is 9.59 Å². The third kappa shape index (κ3) is 3.78. The molecule has 1 aliphatic rings. The van der Waals surface area contributed by atoms with Gasteiger partial charge in [-0.05, 0) is 35.7 Å². The molecule has 2 aromatic rings. The Morgan fingerprint density at radius 3 is 2.83 bits per heavy atom. The molecule has 0 aliphatic carbocycles. The minimum atomic E-state index is -0.404. The summed E-state index contributed by atoms with van der Waals surface area (Å²) in [5.74, 6) is -0.726. The Bertz CT molecular complexity index is 728. The maximum atomic E-state index is 12.1. The quantitative estimate of drug-likeness (QED) is 0.682. The van der Waals surface area contributed by atoms with Crippen molar-refractivity contribution in [2.24, 2.45) is 11.0 Å². The molecular weight excluding hydrogens is 334 g/mol. The maximum Gasteiger partial charge on any atom is 0.245 e. The van der Waals surface area contributed by atoms with Crippen LogP contribution in [0.1, 0.15) is 11.3 Å². The maximum absolute atomic E-state index is 12.1. The second-order valence-corrected chi connectivity index (χ2v) is 6.55. The van der Waals surface area contributed by atoms with Gasteiger partial charge in [0.25, 0.3) is 0 Å². The largest absolute Gasteiger partial charge is 0.312 e. The van der Waals surface area contributed by atoms with E-state index in [1.54, 1.807) is 35.4 Å². The van der Waals surface area contributed by atoms with E-state index < -0.39 is 5.92 Å². The van der Waals surface area contributed by atoms with Gasteiger partial charge in [-0.1, -0.05) is 17.7 Å². The van der Waals surface area contributed by atoms with Crippen molar-refractivity contribution in [1.82, 2.24) is 5.43 Å². The molecule has 23 heavy (non-hydrogen) atoms. The Kier molecular flexibility index (Phi) is 4.73. The number of hydrazone groups is 1. The molecule has 1 N–H and O–H groups in total. The lowest BCUT2D eigenvalue weighted by molar-refractivity contribution is -0.126. The van der Waals surface area contributed by atoms with E-state index >= 15 is 0 Å². The Hall–Kier alpha value is -2.18. The van der Waals surface area contributed by atoms with Crippen LogP contribution in [0.15, 0.2) is 46.9 Å². The fourth-order valence-electron chi connectivity index (χ4n) is 2.37. The summed E-state index contributed by atoms with van der Waals surface area (Å²) in [7, 11) is 0. The number of thiophene rings is 1. The molecule has 1 aliphatic heterocycles. The average Bonchev–Trinajstić information content (AvgIpc) is 3.18. The molecule has 0 unspecified atom stereocenters. The SMILES string of the molecule is O=C(NN=Cc1cccs1)[C@@H]1CC(=O)N(c2ccc(Cl)cc2)C1. The zero-order valence-corrected chi connectivity index (χ0v) is 13.7. The molecule has 2 heterocycles. The minimum Gasteiger partial charge on any atom is -0.312 e.